The molecule has 0 aliphatic carbocycles. The number of guanidine groups is 1. The normalized spacial score (nSPS) is 11.6. The topological polar surface area (TPSA) is 87.7 Å². The number of carboxylic acids is 1. The molecule has 0 saturated carbocycles. The fraction of sp³-hybridized carbons (Fsp3) is 0.875. The number of aliphatic carboxylic acids is 1. The summed E-state index contributed by atoms with van der Waals surface area (Å²) in [5.74, 6) is -2.20. The number of hydrogen-bond donors (Lipinski definition) is 3. The van der Waals surface area contributed by atoms with Gasteiger partial charge in [0.15, 0.2) is 5.96 Å². The number of alkyl halides is 3. The first-order chi connectivity index (χ1) is 11.3. The summed E-state index contributed by atoms with van der Waals surface area (Å²) in [7, 11) is 1.71. The molecular weight excluding hydrogens is 323 g/mol. The minimum atomic E-state index is -5.08. The molecule has 0 heterocycles. The van der Waals surface area contributed by atoms with Gasteiger partial charge in [0.2, 0.25) is 0 Å². The third-order valence-electron chi connectivity index (χ3n) is 3.32. The summed E-state index contributed by atoms with van der Waals surface area (Å²) in [6, 6.07) is 0. The Morgan fingerprint density at radius 3 is 1.71 bits per heavy atom. The van der Waals surface area contributed by atoms with Gasteiger partial charge in [0.05, 0.1) is 0 Å². The van der Waals surface area contributed by atoms with Crippen LogP contribution in [0.3, 0.4) is 0 Å². The van der Waals surface area contributed by atoms with E-state index in [4.69, 9.17) is 15.6 Å². The molecule has 0 fully saturated rings. The molecular formula is C16H32F3N3O2. The van der Waals surface area contributed by atoms with Gasteiger partial charge in [-0.1, -0.05) is 64.7 Å². The molecule has 0 atom stereocenters. The van der Waals surface area contributed by atoms with Crippen LogP contribution < -0.4 is 11.1 Å². The molecule has 0 aromatic heterocycles. The quantitative estimate of drug-likeness (QED) is 0.296. The van der Waals surface area contributed by atoms with Gasteiger partial charge in [-0.3, -0.25) is 4.99 Å². The van der Waals surface area contributed by atoms with Gasteiger partial charge in [0, 0.05) is 13.6 Å². The highest BCUT2D eigenvalue weighted by molar-refractivity contribution is 5.77. The molecule has 0 amide bonds. The van der Waals surface area contributed by atoms with E-state index in [-0.39, 0.29) is 0 Å². The first kappa shape index (κ1) is 24.8. The molecule has 0 saturated heterocycles. The second-order valence-corrected chi connectivity index (χ2v) is 5.52. The Labute approximate surface area is 142 Å². The van der Waals surface area contributed by atoms with E-state index in [0.29, 0.717) is 5.96 Å². The number of unbranched alkanes of at least 4 members (excludes halogenated alkanes) is 9. The lowest BCUT2D eigenvalue weighted by atomic mass is 10.1. The van der Waals surface area contributed by atoms with E-state index < -0.39 is 12.1 Å². The summed E-state index contributed by atoms with van der Waals surface area (Å²) < 4.78 is 31.7. The predicted molar refractivity (Wildman–Crippen MR) is 91.1 cm³/mol. The maximum atomic E-state index is 10.6. The maximum Gasteiger partial charge on any atom is 0.490 e. The molecule has 0 unspecified atom stereocenters. The van der Waals surface area contributed by atoms with Crippen molar-refractivity contribution in [2.75, 3.05) is 13.6 Å². The number of halogens is 3. The molecule has 0 aliphatic heterocycles. The summed E-state index contributed by atoms with van der Waals surface area (Å²) in [4.78, 5) is 12.8. The van der Waals surface area contributed by atoms with Crippen LogP contribution in [0.4, 0.5) is 13.2 Å². The van der Waals surface area contributed by atoms with Gasteiger partial charge < -0.3 is 16.2 Å². The fourth-order valence-corrected chi connectivity index (χ4v) is 1.91. The lowest BCUT2D eigenvalue weighted by Gasteiger charge is -2.04. The first-order valence-electron chi connectivity index (χ1n) is 8.51. The second kappa shape index (κ2) is 16.4. The van der Waals surface area contributed by atoms with Crippen molar-refractivity contribution in [3.05, 3.63) is 0 Å². The van der Waals surface area contributed by atoms with Gasteiger partial charge in [-0.05, 0) is 6.42 Å². The summed E-state index contributed by atoms with van der Waals surface area (Å²) >= 11 is 0. The fourth-order valence-electron chi connectivity index (χ4n) is 1.91. The van der Waals surface area contributed by atoms with E-state index >= 15 is 0 Å². The SMILES string of the molecule is CCCCCCCCCCCCNC(N)=NC.O=C(O)C(F)(F)F. The molecule has 8 heteroatoms. The zero-order chi connectivity index (χ0) is 18.8. The van der Waals surface area contributed by atoms with Gasteiger partial charge in [0.25, 0.3) is 0 Å². The Kier molecular flexibility index (Phi) is 16.9. The number of nitrogens with one attached hydrogen (secondary N) is 1. The molecule has 0 aromatic rings. The van der Waals surface area contributed by atoms with Crippen LogP contribution >= 0.6 is 0 Å². The molecule has 0 radical (unpaired) electrons. The van der Waals surface area contributed by atoms with Gasteiger partial charge in [-0.15, -0.1) is 0 Å². The van der Waals surface area contributed by atoms with Crippen LogP contribution in [0, 0.1) is 0 Å². The van der Waals surface area contributed by atoms with E-state index in [1.165, 1.54) is 64.2 Å². The van der Waals surface area contributed by atoms with Gasteiger partial charge in [-0.2, -0.15) is 13.2 Å². The number of carbonyl (C=O) groups is 1. The van der Waals surface area contributed by atoms with Crippen molar-refractivity contribution in [2.45, 2.75) is 77.3 Å². The molecule has 5 nitrogen and oxygen atoms in total. The molecule has 0 rings (SSSR count). The van der Waals surface area contributed by atoms with Crippen LogP contribution in [0.5, 0.6) is 0 Å². The van der Waals surface area contributed by atoms with Crippen LogP contribution in [-0.2, 0) is 4.79 Å². The van der Waals surface area contributed by atoms with Crippen LogP contribution in [0.2, 0.25) is 0 Å². The molecule has 0 spiro atoms. The minimum absolute atomic E-state index is 0.556. The minimum Gasteiger partial charge on any atom is -0.475 e. The zero-order valence-electron chi connectivity index (χ0n) is 14.8. The standard InChI is InChI=1S/C14H31N3.C2HF3O2/c1-3-4-5-6-7-8-9-10-11-12-13-17-14(15)16-2;3-2(4,5)1(6)7/h3-13H2,1-2H3,(H3,15,16,17);(H,6,7). The van der Waals surface area contributed by atoms with E-state index in [2.05, 4.69) is 17.2 Å². The summed E-state index contributed by atoms with van der Waals surface area (Å²) in [5.41, 5.74) is 5.53. The van der Waals surface area contributed by atoms with Crippen molar-refractivity contribution in [1.29, 1.82) is 0 Å². The maximum absolute atomic E-state index is 10.6. The smallest absolute Gasteiger partial charge is 0.475 e. The van der Waals surface area contributed by atoms with Crippen molar-refractivity contribution >= 4 is 11.9 Å². The highest BCUT2D eigenvalue weighted by Crippen LogP contribution is 2.13. The molecule has 24 heavy (non-hydrogen) atoms. The lowest BCUT2D eigenvalue weighted by molar-refractivity contribution is -0.192. The van der Waals surface area contributed by atoms with Crippen LogP contribution in [0.1, 0.15) is 71.1 Å². The van der Waals surface area contributed by atoms with E-state index in [1.54, 1.807) is 7.05 Å². The van der Waals surface area contributed by atoms with Gasteiger partial charge >= 0.3 is 12.1 Å². The molecule has 0 aliphatic rings. The third kappa shape index (κ3) is 20.5. The van der Waals surface area contributed by atoms with Gasteiger partial charge in [-0.25, -0.2) is 4.79 Å². The zero-order valence-corrected chi connectivity index (χ0v) is 14.8. The second-order valence-electron chi connectivity index (χ2n) is 5.52. The first-order valence-corrected chi connectivity index (χ1v) is 8.51. The molecule has 4 N–H and O–H groups in total. The Morgan fingerprint density at radius 2 is 1.38 bits per heavy atom. The summed E-state index contributed by atoms with van der Waals surface area (Å²) in [6.07, 6.45) is 8.62. The highest BCUT2D eigenvalue weighted by Gasteiger charge is 2.38. The number of nitrogens with two attached hydrogens (primary N) is 1. The lowest BCUT2D eigenvalue weighted by Crippen LogP contribution is -2.31. The Balaban J connectivity index is 0. The summed E-state index contributed by atoms with van der Waals surface area (Å²) in [6.45, 7) is 3.23. The van der Waals surface area contributed by atoms with E-state index in [0.717, 1.165) is 6.54 Å². The summed E-state index contributed by atoms with van der Waals surface area (Å²) in [5, 5.41) is 10.2. The molecule has 144 valence electrons. The number of nitrogens with zero attached hydrogens (tertiary/aromatic N) is 1. The van der Waals surface area contributed by atoms with Crippen LogP contribution in [0.25, 0.3) is 0 Å². The molecule has 0 bridgehead atoms. The van der Waals surface area contributed by atoms with E-state index in [1.807, 2.05) is 0 Å². The van der Waals surface area contributed by atoms with Crippen LogP contribution in [0.15, 0.2) is 4.99 Å². The average molecular weight is 355 g/mol. The number of rotatable bonds is 11. The number of carboxylic acid groups (broad SMARTS) is 1. The Morgan fingerprint density at radius 1 is 1.00 bits per heavy atom. The Hall–Kier alpha value is -1.47. The third-order valence-corrected chi connectivity index (χ3v) is 3.32. The molecule has 0 aromatic carbocycles. The van der Waals surface area contributed by atoms with Crippen molar-refractivity contribution in [1.82, 2.24) is 5.32 Å². The largest absolute Gasteiger partial charge is 0.490 e. The van der Waals surface area contributed by atoms with E-state index in [9.17, 15) is 13.2 Å². The monoisotopic (exact) mass is 355 g/mol. The predicted octanol–water partition coefficient (Wildman–Crippen LogP) is 4.07. The average Bonchev–Trinajstić information content (AvgIpc) is 2.52. The number of hydrogen-bond acceptors (Lipinski definition) is 2. The Bertz CT molecular complexity index is 335. The van der Waals surface area contributed by atoms with Gasteiger partial charge in [0.1, 0.15) is 0 Å². The van der Waals surface area contributed by atoms with Crippen molar-refractivity contribution < 1.29 is 23.1 Å². The highest BCUT2D eigenvalue weighted by atomic mass is 19.4. The van der Waals surface area contributed by atoms with Crippen LogP contribution in [-0.4, -0.2) is 36.8 Å². The number of aliphatic imine (C=N–C) groups is 1. The van der Waals surface area contributed by atoms with Crippen molar-refractivity contribution in [2.24, 2.45) is 10.7 Å². The van der Waals surface area contributed by atoms with Crippen molar-refractivity contribution in [3.63, 3.8) is 0 Å². The van der Waals surface area contributed by atoms with Crippen molar-refractivity contribution in [3.8, 4) is 0 Å².